The molecule has 0 radical (unpaired) electrons. The van der Waals surface area contributed by atoms with Gasteiger partial charge in [0.2, 0.25) is 6.29 Å². The number of rotatable bonds is 7. The van der Waals surface area contributed by atoms with Gasteiger partial charge in [-0.2, -0.15) is 0 Å². The molecule has 0 aliphatic carbocycles. The lowest BCUT2D eigenvalue weighted by atomic mass is 9.98. The molecule has 0 spiro atoms. The van der Waals surface area contributed by atoms with Crippen LogP contribution < -0.4 is 0 Å². The maximum atomic E-state index is 11.6. The van der Waals surface area contributed by atoms with Crippen molar-refractivity contribution in [3.63, 3.8) is 0 Å². The van der Waals surface area contributed by atoms with Crippen LogP contribution in [0.3, 0.4) is 0 Å². The molecule has 2 fully saturated rings. The van der Waals surface area contributed by atoms with Crippen LogP contribution in [-0.4, -0.2) is 116 Å². The van der Waals surface area contributed by atoms with E-state index >= 15 is 0 Å². The zero-order valence-corrected chi connectivity index (χ0v) is 15.3. The van der Waals surface area contributed by atoms with Gasteiger partial charge in [-0.3, -0.25) is 4.79 Å². The van der Waals surface area contributed by atoms with E-state index in [1.165, 1.54) is 0 Å². The summed E-state index contributed by atoms with van der Waals surface area (Å²) < 4.78 is 20.7. The first-order chi connectivity index (χ1) is 13.2. The Labute approximate surface area is 160 Å². The predicted octanol–water partition coefficient (Wildman–Crippen LogP) is -4.05. The molecule has 10 atom stereocenters. The van der Waals surface area contributed by atoms with Crippen molar-refractivity contribution in [3.05, 3.63) is 0 Å². The Hall–Kier alpha value is -0.930. The highest BCUT2D eigenvalue weighted by molar-refractivity contribution is 5.69. The van der Waals surface area contributed by atoms with Crippen molar-refractivity contribution in [3.8, 4) is 0 Å². The predicted molar refractivity (Wildman–Crippen MR) is 87.4 cm³/mol. The fourth-order valence-electron chi connectivity index (χ4n) is 2.94. The van der Waals surface area contributed by atoms with E-state index in [2.05, 4.69) is 0 Å². The molecule has 12 nitrogen and oxygen atoms in total. The Balaban J connectivity index is 1.98. The van der Waals surface area contributed by atoms with Crippen LogP contribution in [0.5, 0.6) is 0 Å². The molecule has 2 aliphatic heterocycles. The van der Waals surface area contributed by atoms with Gasteiger partial charge < -0.3 is 54.7 Å². The molecule has 0 aromatic rings. The maximum absolute atomic E-state index is 11.6. The molecule has 2 rings (SSSR count). The second-order valence-electron chi connectivity index (χ2n) is 6.79. The molecule has 12 heteroatoms. The molecule has 28 heavy (non-hydrogen) atoms. The van der Waals surface area contributed by atoms with Crippen LogP contribution in [0.25, 0.3) is 0 Å². The largest absolute Gasteiger partial charge is 0.433 e. The number of hydrogen-bond donors (Lipinski definition) is 7. The van der Waals surface area contributed by atoms with Crippen molar-refractivity contribution in [2.45, 2.75) is 81.2 Å². The Kier molecular flexibility index (Phi) is 8.51. The summed E-state index contributed by atoms with van der Waals surface area (Å²) in [6, 6.07) is 0. The van der Waals surface area contributed by atoms with Crippen molar-refractivity contribution >= 4 is 5.97 Å². The number of ether oxygens (including phenoxy) is 4. The minimum absolute atomic E-state index is 0.0667. The summed E-state index contributed by atoms with van der Waals surface area (Å²) in [6.45, 7) is 0.609. The lowest BCUT2D eigenvalue weighted by molar-refractivity contribution is -0.327. The fraction of sp³-hybridized carbons (Fsp3) is 0.938. The second kappa shape index (κ2) is 10.2. The van der Waals surface area contributed by atoms with E-state index < -0.39 is 80.6 Å². The summed E-state index contributed by atoms with van der Waals surface area (Å²) in [6.07, 6.45) is -14.8. The number of aliphatic hydroxyl groups excluding tert-OH is 7. The molecule has 0 amide bonds. The lowest BCUT2D eigenvalue weighted by Gasteiger charge is -2.42. The number of carbonyl (C=O) groups is 1. The van der Waals surface area contributed by atoms with E-state index in [1.54, 1.807) is 6.92 Å². The molecule has 0 saturated carbocycles. The van der Waals surface area contributed by atoms with Crippen LogP contribution in [0.1, 0.15) is 19.8 Å². The Morgan fingerprint density at radius 2 is 1.36 bits per heavy atom. The first-order valence-corrected chi connectivity index (χ1v) is 9.02. The van der Waals surface area contributed by atoms with E-state index in [1.807, 2.05) is 0 Å². The third kappa shape index (κ3) is 5.16. The van der Waals surface area contributed by atoms with Crippen LogP contribution >= 0.6 is 0 Å². The molecule has 164 valence electrons. The van der Waals surface area contributed by atoms with Gasteiger partial charge in [-0.15, -0.1) is 0 Å². The monoisotopic (exact) mass is 412 g/mol. The van der Waals surface area contributed by atoms with Crippen LogP contribution in [-0.2, 0) is 23.7 Å². The Bertz CT molecular complexity index is 502. The Morgan fingerprint density at radius 1 is 0.821 bits per heavy atom. The highest BCUT2D eigenvalue weighted by Gasteiger charge is 2.48. The Morgan fingerprint density at radius 3 is 1.93 bits per heavy atom. The number of aliphatic hydroxyl groups is 7. The SMILES string of the molecule is CCCC(=O)OC1OC(COC2OC(CO)C(O)C(O)C2O)C(O)C(O)C1O. The molecule has 0 aromatic carbocycles. The van der Waals surface area contributed by atoms with Crippen molar-refractivity contribution in [1.82, 2.24) is 0 Å². The lowest BCUT2D eigenvalue weighted by Crippen LogP contribution is -2.61. The van der Waals surface area contributed by atoms with Gasteiger partial charge in [-0.25, -0.2) is 0 Å². The van der Waals surface area contributed by atoms with E-state index in [4.69, 9.17) is 24.1 Å². The van der Waals surface area contributed by atoms with Crippen LogP contribution in [0, 0.1) is 0 Å². The van der Waals surface area contributed by atoms with Crippen molar-refractivity contribution in [2.24, 2.45) is 0 Å². The van der Waals surface area contributed by atoms with E-state index in [0.29, 0.717) is 6.42 Å². The van der Waals surface area contributed by atoms with E-state index in [-0.39, 0.29) is 6.42 Å². The molecule has 2 saturated heterocycles. The van der Waals surface area contributed by atoms with E-state index in [9.17, 15) is 35.4 Å². The van der Waals surface area contributed by atoms with Crippen molar-refractivity contribution in [2.75, 3.05) is 13.2 Å². The topological polar surface area (TPSA) is 196 Å². The van der Waals surface area contributed by atoms with Gasteiger partial charge in [0, 0.05) is 6.42 Å². The molecule has 10 unspecified atom stereocenters. The summed E-state index contributed by atoms with van der Waals surface area (Å²) in [7, 11) is 0. The van der Waals surface area contributed by atoms with Gasteiger partial charge in [0.1, 0.15) is 48.8 Å². The smallest absolute Gasteiger partial charge is 0.308 e. The van der Waals surface area contributed by atoms with Gasteiger partial charge in [0.25, 0.3) is 0 Å². The normalized spacial score (nSPS) is 44.3. The number of carbonyl (C=O) groups excluding carboxylic acids is 1. The van der Waals surface area contributed by atoms with Crippen LogP contribution in [0.15, 0.2) is 0 Å². The standard InChI is InChI=1S/C16H28O12/c1-2-3-8(18)28-16-14(24)12(22)10(20)7(27-16)5-25-15-13(23)11(21)9(19)6(4-17)26-15/h6-7,9-17,19-24H,2-5H2,1H3. The van der Waals surface area contributed by atoms with Gasteiger partial charge >= 0.3 is 5.97 Å². The summed E-state index contributed by atoms with van der Waals surface area (Å²) in [4.78, 5) is 11.6. The minimum atomic E-state index is -1.70. The second-order valence-corrected chi connectivity index (χ2v) is 6.79. The molecule has 2 heterocycles. The summed E-state index contributed by atoms with van der Waals surface area (Å²) in [5.41, 5.74) is 0. The number of hydrogen-bond acceptors (Lipinski definition) is 12. The number of esters is 1. The van der Waals surface area contributed by atoms with Crippen molar-refractivity contribution < 1.29 is 59.5 Å². The summed E-state index contributed by atoms with van der Waals surface area (Å²) in [5, 5.41) is 68.5. The molecular formula is C16H28O12. The average molecular weight is 412 g/mol. The molecular weight excluding hydrogens is 384 g/mol. The van der Waals surface area contributed by atoms with Crippen molar-refractivity contribution in [1.29, 1.82) is 0 Å². The van der Waals surface area contributed by atoms with Gasteiger partial charge in [-0.1, -0.05) is 6.92 Å². The third-order valence-electron chi connectivity index (χ3n) is 4.64. The zero-order valence-electron chi connectivity index (χ0n) is 15.3. The van der Waals surface area contributed by atoms with Gasteiger partial charge in [-0.05, 0) is 6.42 Å². The molecule has 0 aromatic heterocycles. The summed E-state index contributed by atoms with van der Waals surface area (Å²) >= 11 is 0. The zero-order chi connectivity index (χ0) is 21.0. The highest BCUT2D eigenvalue weighted by atomic mass is 16.7. The minimum Gasteiger partial charge on any atom is -0.433 e. The third-order valence-corrected chi connectivity index (χ3v) is 4.64. The highest BCUT2D eigenvalue weighted by Crippen LogP contribution is 2.26. The first-order valence-electron chi connectivity index (χ1n) is 9.02. The van der Waals surface area contributed by atoms with E-state index in [0.717, 1.165) is 0 Å². The fourth-order valence-corrected chi connectivity index (χ4v) is 2.94. The average Bonchev–Trinajstić information content (AvgIpc) is 2.67. The van der Waals surface area contributed by atoms with Crippen LogP contribution in [0.4, 0.5) is 0 Å². The quantitative estimate of drug-likeness (QED) is 0.200. The summed E-state index contributed by atoms with van der Waals surface area (Å²) in [5.74, 6) is -0.663. The van der Waals surface area contributed by atoms with Crippen LogP contribution in [0.2, 0.25) is 0 Å². The first kappa shape index (κ1) is 23.3. The molecule has 2 aliphatic rings. The molecule has 7 N–H and O–H groups in total. The maximum Gasteiger partial charge on any atom is 0.308 e. The van der Waals surface area contributed by atoms with Gasteiger partial charge in [0.15, 0.2) is 6.29 Å². The molecule has 0 bridgehead atoms. The van der Waals surface area contributed by atoms with Gasteiger partial charge in [0.05, 0.1) is 13.2 Å².